The van der Waals surface area contributed by atoms with Crippen LogP contribution in [0.2, 0.25) is 10.0 Å². The van der Waals surface area contributed by atoms with E-state index >= 15 is 0 Å². The number of hydrazone groups is 1. The van der Waals surface area contributed by atoms with E-state index in [1.54, 1.807) is 6.07 Å². The summed E-state index contributed by atoms with van der Waals surface area (Å²) in [5.74, 6) is 11.0. The summed E-state index contributed by atoms with van der Waals surface area (Å²) in [5.41, 5.74) is 4.07. The third kappa shape index (κ3) is 6.47. The number of nitrogens with two attached hydrogens (primary N) is 2. The van der Waals surface area contributed by atoms with Crippen molar-refractivity contribution in [2.75, 3.05) is 32.7 Å². The predicted octanol–water partition coefficient (Wildman–Crippen LogP) is 1.75. The first kappa shape index (κ1) is 27.9. The van der Waals surface area contributed by atoms with Gasteiger partial charge in [-0.1, -0.05) is 42.3 Å². The molecule has 2 saturated heterocycles. The van der Waals surface area contributed by atoms with Gasteiger partial charge in [0.05, 0.1) is 5.02 Å². The molecule has 0 aliphatic carbocycles. The molecule has 2 fully saturated rings. The molecule has 2 aromatic rings. The molecule has 38 heavy (non-hydrogen) atoms. The minimum atomic E-state index is -0.772. The molecule has 1 aromatic carbocycles. The van der Waals surface area contributed by atoms with Crippen LogP contribution in [-0.4, -0.2) is 71.3 Å². The first-order valence-corrected chi connectivity index (χ1v) is 13.1. The Balaban J connectivity index is 1.25. The van der Waals surface area contributed by atoms with E-state index in [-0.39, 0.29) is 34.7 Å². The van der Waals surface area contributed by atoms with Crippen molar-refractivity contribution in [3.63, 3.8) is 0 Å². The van der Waals surface area contributed by atoms with E-state index in [0.717, 1.165) is 38.3 Å². The average Bonchev–Trinajstić information content (AvgIpc) is 2.87. The predicted molar refractivity (Wildman–Crippen MR) is 146 cm³/mol. The SMILES string of the molecule is CCC(Oc1ncc(Cl)cc1Cl)C(=O)NCc1cccc(C(=O)N2CC3(CN(CC/C(=N/N)NN)C3)C2)c1. The Bertz CT molecular complexity index is 1200. The van der Waals surface area contributed by atoms with Crippen LogP contribution in [0.15, 0.2) is 41.6 Å². The number of amidine groups is 1. The van der Waals surface area contributed by atoms with Gasteiger partial charge in [0.25, 0.3) is 11.8 Å². The van der Waals surface area contributed by atoms with E-state index in [0.29, 0.717) is 29.3 Å². The molecule has 1 aromatic heterocycles. The van der Waals surface area contributed by atoms with Crippen LogP contribution < -0.4 is 27.2 Å². The summed E-state index contributed by atoms with van der Waals surface area (Å²) >= 11 is 12.0. The van der Waals surface area contributed by atoms with Gasteiger partial charge in [-0.05, 0) is 30.2 Å². The summed E-state index contributed by atoms with van der Waals surface area (Å²) in [7, 11) is 0. The van der Waals surface area contributed by atoms with Gasteiger partial charge in [-0.25, -0.2) is 10.8 Å². The quantitative estimate of drug-likeness (QED) is 0.148. The highest BCUT2D eigenvalue weighted by atomic mass is 35.5. The standard InChI is InChI=1S/C25H32Cl2N8O3/c1-2-20(38-23-19(27)9-18(26)11-31-23)22(36)30-10-16-4-3-5-17(8-16)24(37)35-14-25(15-35)12-34(13-25)7-6-21(32-28)33-29/h3-5,8-9,11,20H,2,6-7,10,12-15,28-29H2,1H3,(H,30,36)(H,32,33). The third-order valence-corrected chi connectivity index (χ3v) is 7.25. The van der Waals surface area contributed by atoms with Crippen molar-refractivity contribution in [2.24, 2.45) is 22.2 Å². The van der Waals surface area contributed by atoms with Crippen molar-refractivity contribution in [2.45, 2.75) is 32.4 Å². The number of halogens is 2. The van der Waals surface area contributed by atoms with Gasteiger partial charge >= 0.3 is 0 Å². The van der Waals surface area contributed by atoms with E-state index in [1.165, 1.54) is 12.3 Å². The lowest BCUT2D eigenvalue weighted by molar-refractivity contribution is -0.128. The highest BCUT2D eigenvalue weighted by Gasteiger charge is 2.52. The molecule has 11 nitrogen and oxygen atoms in total. The van der Waals surface area contributed by atoms with Gasteiger partial charge in [0.1, 0.15) is 10.9 Å². The number of rotatable bonds is 10. The molecule has 2 amide bonds. The van der Waals surface area contributed by atoms with E-state index < -0.39 is 6.10 Å². The molecule has 0 saturated carbocycles. The smallest absolute Gasteiger partial charge is 0.261 e. The van der Waals surface area contributed by atoms with Crippen LogP contribution in [0.4, 0.5) is 0 Å². The van der Waals surface area contributed by atoms with Gasteiger partial charge in [-0.15, -0.1) is 0 Å². The summed E-state index contributed by atoms with van der Waals surface area (Å²) in [5, 5.41) is 7.08. The Hall–Kier alpha value is -3.12. The largest absolute Gasteiger partial charge is 0.463 e. The average molecular weight is 563 g/mol. The fraction of sp³-hybridized carbons (Fsp3) is 0.440. The van der Waals surface area contributed by atoms with E-state index in [2.05, 4.69) is 25.7 Å². The van der Waals surface area contributed by atoms with Crippen LogP contribution >= 0.6 is 23.2 Å². The van der Waals surface area contributed by atoms with Gasteiger partial charge in [-0.2, -0.15) is 5.10 Å². The fourth-order valence-corrected chi connectivity index (χ4v) is 5.28. The van der Waals surface area contributed by atoms with Gasteiger partial charge in [0.15, 0.2) is 6.10 Å². The number of nitrogens with one attached hydrogen (secondary N) is 2. The summed E-state index contributed by atoms with van der Waals surface area (Å²) in [6, 6.07) is 8.81. The second kappa shape index (κ2) is 12.2. The van der Waals surface area contributed by atoms with Crippen molar-refractivity contribution in [1.82, 2.24) is 25.5 Å². The first-order chi connectivity index (χ1) is 18.3. The second-order valence-corrected chi connectivity index (χ2v) is 10.6. The fourth-order valence-electron chi connectivity index (χ4n) is 4.85. The number of aromatic nitrogens is 1. The summed E-state index contributed by atoms with van der Waals surface area (Å²) in [6.45, 7) is 6.23. The Kier molecular flexibility index (Phi) is 8.93. The maximum absolute atomic E-state index is 13.1. The van der Waals surface area contributed by atoms with Crippen LogP contribution in [0.5, 0.6) is 5.88 Å². The van der Waals surface area contributed by atoms with E-state index in [1.807, 2.05) is 30.0 Å². The molecule has 204 valence electrons. The van der Waals surface area contributed by atoms with E-state index in [4.69, 9.17) is 39.6 Å². The van der Waals surface area contributed by atoms with Crippen LogP contribution in [0.1, 0.15) is 35.7 Å². The second-order valence-electron chi connectivity index (χ2n) is 9.72. The molecule has 2 aliphatic rings. The number of likely N-dealkylation sites (tertiary alicyclic amines) is 2. The van der Waals surface area contributed by atoms with Crippen LogP contribution in [-0.2, 0) is 11.3 Å². The van der Waals surface area contributed by atoms with Gasteiger partial charge in [0, 0.05) is 62.9 Å². The zero-order valence-corrected chi connectivity index (χ0v) is 22.6. The maximum Gasteiger partial charge on any atom is 0.261 e. The minimum absolute atomic E-state index is 0.00893. The number of hydrogen-bond acceptors (Lipinski definition) is 8. The molecule has 1 unspecified atom stereocenters. The molecule has 1 spiro atoms. The molecule has 0 bridgehead atoms. The van der Waals surface area contributed by atoms with Crippen LogP contribution in [0, 0.1) is 5.41 Å². The molecule has 1 atom stereocenters. The van der Waals surface area contributed by atoms with Crippen molar-refractivity contribution < 1.29 is 14.3 Å². The third-order valence-electron chi connectivity index (χ3n) is 6.78. The lowest BCUT2D eigenvalue weighted by atomic mass is 9.72. The van der Waals surface area contributed by atoms with Gasteiger partial charge in [-0.3, -0.25) is 9.59 Å². The number of carbonyl (C=O) groups excluding carboxylic acids is 2. The first-order valence-electron chi connectivity index (χ1n) is 12.3. The molecule has 3 heterocycles. The number of benzene rings is 1. The summed E-state index contributed by atoms with van der Waals surface area (Å²) in [6.07, 6.45) is 1.72. The molecular weight excluding hydrogens is 531 g/mol. The van der Waals surface area contributed by atoms with Gasteiger partial charge in [0.2, 0.25) is 5.88 Å². The normalized spacial score (nSPS) is 17.4. The number of carbonyl (C=O) groups is 2. The van der Waals surface area contributed by atoms with Crippen molar-refractivity contribution in [3.8, 4) is 5.88 Å². The molecule has 0 radical (unpaired) electrons. The Morgan fingerprint density at radius 3 is 2.66 bits per heavy atom. The van der Waals surface area contributed by atoms with Crippen molar-refractivity contribution in [1.29, 1.82) is 0 Å². The highest BCUT2D eigenvalue weighted by molar-refractivity contribution is 6.35. The number of nitrogens with zero attached hydrogens (tertiary/aromatic N) is 4. The van der Waals surface area contributed by atoms with E-state index in [9.17, 15) is 9.59 Å². The topological polar surface area (TPSA) is 151 Å². The minimum Gasteiger partial charge on any atom is -0.463 e. The lowest BCUT2D eigenvalue weighted by Crippen LogP contribution is -2.72. The summed E-state index contributed by atoms with van der Waals surface area (Å²) in [4.78, 5) is 34.0. The van der Waals surface area contributed by atoms with Crippen molar-refractivity contribution >= 4 is 40.9 Å². The number of pyridine rings is 1. The van der Waals surface area contributed by atoms with Gasteiger partial charge < -0.3 is 31.1 Å². The monoisotopic (exact) mass is 562 g/mol. The molecule has 2 aliphatic heterocycles. The summed E-state index contributed by atoms with van der Waals surface area (Å²) < 4.78 is 5.70. The molecular formula is C25H32Cl2N8O3. The molecule has 4 rings (SSSR count). The number of hydrazine groups is 1. The number of hydrogen-bond donors (Lipinski definition) is 4. The lowest BCUT2D eigenvalue weighted by Gasteiger charge is -2.60. The highest BCUT2D eigenvalue weighted by Crippen LogP contribution is 2.40. The van der Waals surface area contributed by atoms with Crippen LogP contribution in [0.25, 0.3) is 0 Å². The molecule has 13 heteroatoms. The Labute approximate surface area is 231 Å². The van der Waals surface area contributed by atoms with Crippen molar-refractivity contribution in [3.05, 3.63) is 57.7 Å². The number of ether oxygens (including phenoxy) is 1. The maximum atomic E-state index is 13.1. The Morgan fingerprint density at radius 2 is 2.00 bits per heavy atom. The zero-order chi connectivity index (χ0) is 27.3. The Morgan fingerprint density at radius 1 is 1.24 bits per heavy atom. The molecule has 6 N–H and O–H groups in total. The zero-order valence-electron chi connectivity index (χ0n) is 21.1. The van der Waals surface area contributed by atoms with Crippen LogP contribution in [0.3, 0.4) is 0 Å². The number of amides is 2.